The number of hydrogen-bond donors (Lipinski definition) is 1. The second-order valence-corrected chi connectivity index (χ2v) is 7.85. The van der Waals surface area contributed by atoms with Crippen LogP contribution in [-0.4, -0.2) is 31.3 Å². The molecule has 0 fully saturated rings. The third-order valence-electron chi connectivity index (χ3n) is 4.83. The van der Waals surface area contributed by atoms with Crippen LogP contribution in [0, 0.1) is 0 Å². The number of carbonyl (C=O) groups is 2. The third-order valence-corrected chi connectivity index (χ3v) is 4.83. The van der Waals surface area contributed by atoms with Crippen LogP contribution in [0.5, 0.6) is 0 Å². The lowest BCUT2D eigenvalue weighted by Gasteiger charge is -2.13. The molecule has 0 radical (unpaired) electrons. The van der Waals surface area contributed by atoms with Crippen LogP contribution in [0.15, 0.2) is 0 Å². The zero-order valence-electron chi connectivity index (χ0n) is 18.7. The molecule has 0 bridgehead atoms. The molecule has 1 unspecified atom stereocenters. The maximum atomic E-state index is 11.8. The normalized spacial score (nSPS) is 11.8. The SMILES string of the molecule is CCCCCCCCCCCCCCOC(=O)CC(C)NC(=O)OCCCC. The second-order valence-electron chi connectivity index (χ2n) is 7.85. The maximum Gasteiger partial charge on any atom is 0.407 e. The number of ether oxygens (including phenoxy) is 2. The molecule has 0 saturated heterocycles. The number of unbranched alkanes of at least 4 members (excludes halogenated alkanes) is 12. The molecule has 0 spiro atoms. The molecule has 1 amide bonds. The second kappa shape index (κ2) is 20.5. The molecular weight excluding hydrogens is 354 g/mol. The maximum absolute atomic E-state index is 11.8. The van der Waals surface area contributed by atoms with Gasteiger partial charge in [0, 0.05) is 6.04 Å². The summed E-state index contributed by atoms with van der Waals surface area (Å²) in [6, 6.07) is -0.274. The molecule has 0 aliphatic rings. The van der Waals surface area contributed by atoms with Crippen LogP contribution < -0.4 is 5.32 Å². The van der Waals surface area contributed by atoms with E-state index in [1.54, 1.807) is 6.92 Å². The van der Waals surface area contributed by atoms with Crippen LogP contribution in [0.4, 0.5) is 4.79 Å². The largest absolute Gasteiger partial charge is 0.466 e. The summed E-state index contributed by atoms with van der Waals surface area (Å²) in [5.74, 6) is -0.260. The van der Waals surface area contributed by atoms with Crippen molar-refractivity contribution in [1.29, 1.82) is 0 Å². The van der Waals surface area contributed by atoms with Gasteiger partial charge in [-0.1, -0.05) is 90.9 Å². The van der Waals surface area contributed by atoms with Crippen molar-refractivity contribution in [2.24, 2.45) is 0 Å². The van der Waals surface area contributed by atoms with E-state index in [9.17, 15) is 9.59 Å². The quantitative estimate of drug-likeness (QED) is 0.198. The Balaban J connectivity index is 3.39. The molecule has 0 aromatic heterocycles. The number of amides is 1. The number of nitrogens with one attached hydrogen (secondary N) is 1. The summed E-state index contributed by atoms with van der Waals surface area (Å²) in [7, 11) is 0. The van der Waals surface area contributed by atoms with Gasteiger partial charge in [-0.15, -0.1) is 0 Å². The zero-order chi connectivity index (χ0) is 20.9. The van der Waals surface area contributed by atoms with Gasteiger partial charge in [0.2, 0.25) is 0 Å². The fourth-order valence-corrected chi connectivity index (χ4v) is 3.04. The van der Waals surface area contributed by atoms with E-state index in [-0.39, 0.29) is 18.4 Å². The van der Waals surface area contributed by atoms with Crippen molar-refractivity contribution < 1.29 is 19.1 Å². The minimum Gasteiger partial charge on any atom is -0.466 e. The van der Waals surface area contributed by atoms with Crippen LogP contribution in [0.2, 0.25) is 0 Å². The molecule has 1 atom stereocenters. The first-order valence-corrected chi connectivity index (χ1v) is 11.7. The Morgan fingerprint density at radius 3 is 1.68 bits per heavy atom. The van der Waals surface area contributed by atoms with Gasteiger partial charge in [-0.25, -0.2) is 4.79 Å². The van der Waals surface area contributed by atoms with E-state index in [2.05, 4.69) is 12.2 Å². The van der Waals surface area contributed by atoms with Gasteiger partial charge in [-0.05, 0) is 19.8 Å². The molecule has 5 heteroatoms. The van der Waals surface area contributed by atoms with Crippen LogP contribution in [0.1, 0.15) is 117 Å². The summed E-state index contributed by atoms with van der Waals surface area (Å²) in [6.45, 7) is 6.97. The van der Waals surface area contributed by atoms with Gasteiger partial charge >= 0.3 is 12.1 Å². The highest BCUT2D eigenvalue weighted by Gasteiger charge is 2.13. The standard InChI is InChI=1S/C23H45NO4/c1-4-6-8-9-10-11-12-13-14-15-16-17-19-27-22(25)20-21(3)24-23(26)28-18-7-5-2/h21H,4-20H2,1-3H3,(H,24,26). The fraction of sp³-hybridized carbons (Fsp3) is 0.913. The van der Waals surface area contributed by atoms with Gasteiger partial charge in [0.15, 0.2) is 0 Å². The number of rotatable bonds is 19. The average molecular weight is 400 g/mol. The smallest absolute Gasteiger partial charge is 0.407 e. The minimum atomic E-state index is -0.463. The Labute approximate surface area is 173 Å². The number of carbonyl (C=O) groups excluding carboxylic acids is 2. The Bertz CT molecular complexity index is 374. The van der Waals surface area contributed by atoms with Crippen molar-refractivity contribution in [2.75, 3.05) is 13.2 Å². The zero-order valence-corrected chi connectivity index (χ0v) is 18.7. The van der Waals surface area contributed by atoms with Crippen molar-refractivity contribution in [3.8, 4) is 0 Å². The van der Waals surface area contributed by atoms with Gasteiger partial charge in [-0.3, -0.25) is 4.79 Å². The predicted octanol–water partition coefficient (Wildman–Crippen LogP) is 6.54. The lowest BCUT2D eigenvalue weighted by molar-refractivity contribution is -0.144. The highest BCUT2D eigenvalue weighted by Crippen LogP contribution is 2.12. The molecule has 0 rings (SSSR count). The Morgan fingerprint density at radius 2 is 1.14 bits per heavy atom. The van der Waals surface area contributed by atoms with E-state index >= 15 is 0 Å². The van der Waals surface area contributed by atoms with E-state index in [1.807, 2.05) is 6.92 Å². The van der Waals surface area contributed by atoms with Gasteiger partial charge in [0.1, 0.15) is 0 Å². The monoisotopic (exact) mass is 399 g/mol. The number of alkyl carbamates (subject to hydrolysis) is 1. The van der Waals surface area contributed by atoms with Gasteiger partial charge in [-0.2, -0.15) is 0 Å². The van der Waals surface area contributed by atoms with Crippen LogP contribution in [0.25, 0.3) is 0 Å². The van der Waals surface area contributed by atoms with Crippen molar-refractivity contribution in [3.63, 3.8) is 0 Å². The average Bonchev–Trinajstić information content (AvgIpc) is 2.65. The summed E-state index contributed by atoms with van der Waals surface area (Å²) in [6.07, 6.45) is 17.0. The Kier molecular flexibility index (Phi) is 19.6. The first kappa shape index (κ1) is 26.7. The van der Waals surface area contributed by atoms with E-state index in [0.717, 1.165) is 25.7 Å². The first-order chi connectivity index (χ1) is 13.6. The summed E-state index contributed by atoms with van der Waals surface area (Å²) >= 11 is 0. The van der Waals surface area contributed by atoms with E-state index in [1.165, 1.54) is 64.2 Å². The highest BCUT2D eigenvalue weighted by atomic mass is 16.5. The number of esters is 1. The molecule has 28 heavy (non-hydrogen) atoms. The van der Waals surface area contributed by atoms with Crippen molar-refractivity contribution >= 4 is 12.1 Å². The molecule has 1 N–H and O–H groups in total. The molecule has 0 aromatic carbocycles. The summed E-state index contributed by atoms with van der Waals surface area (Å²) in [5.41, 5.74) is 0. The number of hydrogen-bond acceptors (Lipinski definition) is 4. The van der Waals surface area contributed by atoms with Crippen molar-refractivity contribution in [2.45, 2.75) is 123 Å². The molecule has 0 aromatic rings. The van der Waals surface area contributed by atoms with Crippen LogP contribution in [-0.2, 0) is 14.3 Å². The summed E-state index contributed by atoms with van der Waals surface area (Å²) in [4.78, 5) is 23.3. The van der Waals surface area contributed by atoms with Crippen LogP contribution in [0.3, 0.4) is 0 Å². The van der Waals surface area contributed by atoms with Crippen molar-refractivity contribution in [3.05, 3.63) is 0 Å². The molecule has 0 aliphatic heterocycles. The minimum absolute atomic E-state index is 0.182. The Morgan fingerprint density at radius 1 is 0.679 bits per heavy atom. The highest BCUT2D eigenvalue weighted by molar-refractivity contribution is 5.72. The summed E-state index contributed by atoms with van der Waals surface area (Å²) < 4.78 is 10.3. The molecule has 166 valence electrons. The predicted molar refractivity (Wildman–Crippen MR) is 116 cm³/mol. The summed E-state index contributed by atoms with van der Waals surface area (Å²) in [5, 5.41) is 2.66. The molecule has 0 aliphatic carbocycles. The molecule has 5 nitrogen and oxygen atoms in total. The van der Waals surface area contributed by atoms with E-state index in [4.69, 9.17) is 9.47 Å². The fourth-order valence-electron chi connectivity index (χ4n) is 3.04. The third kappa shape index (κ3) is 19.5. The van der Waals surface area contributed by atoms with Crippen molar-refractivity contribution in [1.82, 2.24) is 5.32 Å². The van der Waals surface area contributed by atoms with Gasteiger partial charge < -0.3 is 14.8 Å². The van der Waals surface area contributed by atoms with Crippen LogP contribution >= 0.6 is 0 Å². The van der Waals surface area contributed by atoms with Gasteiger partial charge in [0.05, 0.1) is 19.6 Å². The molecule has 0 saturated carbocycles. The first-order valence-electron chi connectivity index (χ1n) is 11.7. The molecule has 0 heterocycles. The van der Waals surface area contributed by atoms with Gasteiger partial charge in [0.25, 0.3) is 0 Å². The molecular formula is C23H45NO4. The lowest BCUT2D eigenvalue weighted by Crippen LogP contribution is -2.35. The lowest BCUT2D eigenvalue weighted by atomic mass is 10.1. The van der Waals surface area contributed by atoms with E-state index < -0.39 is 6.09 Å². The topological polar surface area (TPSA) is 64.6 Å². The van der Waals surface area contributed by atoms with E-state index in [0.29, 0.717) is 13.2 Å². The Hall–Kier alpha value is -1.26.